The summed E-state index contributed by atoms with van der Waals surface area (Å²) in [6.45, 7) is 4.72. The van der Waals surface area contributed by atoms with Crippen LogP contribution in [0.2, 0.25) is 0 Å². The van der Waals surface area contributed by atoms with Crippen molar-refractivity contribution < 1.29 is 0 Å². The smallest absolute Gasteiger partial charge is 0.173 e. The van der Waals surface area contributed by atoms with E-state index in [2.05, 4.69) is 25.5 Å². The molecule has 3 heterocycles. The van der Waals surface area contributed by atoms with Gasteiger partial charge in [-0.2, -0.15) is 0 Å². The summed E-state index contributed by atoms with van der Waals surface area (Å²) >= 11 is 0. The molecule has 118 valence electrons. The van der Waals surface area contributed by atoms with Gasteiger partial charge in [-0.1, -0.05) is 12.5 Å². The van der Waals surface area contributed by atoms with Crippen LogP contribution < -0.4 is 10.6 Å². The molecule has 22 heavy (non-hydrogen) atoms. The lowest BCUT2D eigenvalue weighted by molar-refractivity contribution is 0.224. The van der Waals surface area contributed by atoms with Crippen molar-refractivity contribution in [2.75, 3.05) is 26.2 Å². The van der Waals surface area contributed by atoms with Gasteiger partial charge in [-0.25, -0.2) is 0 Å². The highest BCUT2D eigenvalue weighted by Gasteiger charge is 2.11. The van der Waals surface area contributed by atoms with E-state index in [4.69, 9.17) is 0 Å². The first-order valence-corrected chi connectivity index (χ1v) is 8.28. The Hall–Kier alpha value is -1.72. The second-order valence-corrected chi connectivity index (χ2v) is 5.87. The third-order valence-electron chi connectivity index (χ3n) is 4.16. The molecule has 2 aliphatic rings. The van der Waals surface area contributed by atoms with Gasteiger partial charge in [0.25, 0.3) is 0 Å². The van der Waals surface area contributed by atoms with Gasteiger partial charge in [-0.15, -0.1) is 0 Å². The number of allylic oxidation sites excluding steroid dienone is 1. The van der Waals surface area contributed by atoms with E-state index in [1.807, 2.05) is 30.6 Å². The molecule has 0 amide bonds. The van der Waals surface area contributed by atoms with Crippen LogP contribution in [0.5, 0.6) is 0 Å². The number of likely N-dealkylation sites (tertiary alicyclic amines) is 1. The molecule has 1 saturated heterocycles. The Morgan fingerprint density at radius 3 is 2.86 bits per heavy atom. The topological polar surface area (TPSA) is 52.6 Å². The zero-order valence-corrected chi connectivity index (χ0v) is 13.0. The number of nitrogens with zero attached hydrogens (tertiary/aromatic N) is 3. The maximum atomic E-state index is 4.50. The Kier molecular flexibility index (Phi) is 5.56. The summed E-state index contributed by atoms with van der Waals surface area (Å²) in [5, 5.41) is 6.71. The second-order valence-electron chi connectivity index (χ2n) is 5.87. The van der Waals surface area contributed by atoms with Crippen molar-refractivity contribution in [1.82, 2.24) is 20.5 Å². The molecule has 2 N–H and O–H groups in total. The van der Waals surface area contributed by atoms with Crippen molar-refractivity contribution in [2.24, 2.45) is 4.99 Å². The van der Waals surface area contributed by atoms with Crippen molar-refractivity contribution in [1.29, 1.82) is 0 Å². The summed E-state index contributed by atoms with van der Waals surface area (Å²) in [5.74, 6) is 0. The largest absolute Gasteiger partial charge is 0.357 e. The number of pyridine rings is 1. The van der Waals surface area contributed by atoms with Crippen molar-refractivity contribution in [2.45, 2.75) is 32.0 Å². The van der Waals surface area contributed by atoms with Crippen molar-refractivity contribution in [3.8, 4) is 0 Å². The van der Waals surface area contributed by atoms with E-state index < -0.39 is 0 Å². The second kappa shape index (κ2) is 8.06. The van der Waals surface area contributed by atoms with Gasteiger partial charge < -0.3 is 10.2 Å². The quantitative estimate of drug-likeness (QED) is 0.787. The van der Waals surface area contributed by atoms with Gasteiger partial charge in [-0.05, 0) is 57.6 Å². The molecule has 2 aliphatic heterocycles. The van der Waals surface area contributed by atoms with Gasteiger partial charge in [0.05, 0.1) is 5.69 Å². The average molecular weight is 299 g/mol. The standard InChI is InChI=1S/C17H25N5/c1-4-10-22(11-5-1)12-6-9-19-17-20-13-15(14-21-17)16-7-2-3-8-18-16/h2-3,7-8,13-14,17,19-20H,1,4-6,9-12H2. The van der Waals surface area contributed by atoms with Crippen LogP contribution in [0, 0.1) is 0 Å². The van der Waals surface area contributed by atoms with Crippen LogP contribution in [0.4, 0.5) is 0 Å². The number of hydrogen-bond acceptors (Lipinski definition) is 5. The lowest BCUT2D eigenvalue weighted by Crippen LogP contribution is -2.41. The molecule has 1 fully saturated rings. The predicted octanol–water partition coefficient (Wildman–Crippen LogP) is 1.85. The van der Waals surface area contributed by atoms with Crippen LogP contribution >= 0.6 is 0 Å². The molecule has 0 aromatic carbocycles. The van der Waals surface area contributed by atoms with Gasteiger partial charge >= 0.3 is 0 Å². The highest BCUT2D eigenvalue weighted by molar-refractivity contribution is 6.09. The average Bonchev–Trinajstić information content (AvgIpc) is 2.61. The molecule has 1 aromatic rings. The number of aromatic nitrogens is 1. The molecule has 5 heteroatoms. The molecular formula is C17H25N5. The minimum Gasteiger partial charge on any atom is -0.357 e. The molecule has 3 rings (SSSR count). The molecule has 1 atom stereocenters. The molecule has 1 unspecified atom stereocenters. The number of hydrogen-bond donors (Lipinski definition) is 2. The van der Waals surface area contributed by atoms with E-state index in [1.165, 1.54) is 45.3 Å². The van der Waals surface area contributed by atoms with Crippen LogP contribution in [-0.2, 0) is 0 Å². The highest BCUT2D eigenvalue weighted by Crippen LogP contribution is 2.11. The van der Waals surface area contributed by atoms with Gasteiger partial charge in [0.15, 0.2) is 6.29 Å². The lowest BCUT2D eigenvalue weighted by Gasteiger charge is -2.26. The molecule has 0 saturated carbocycles. The maximum absolute atomic E-state index is 4.50. The fourth-order valence-electron chi connectivity index (χ4n) is 2.91. The van der Waals surface area contributed by atoms with E-state index in [1.54, 1.807) is 6.20 Å². The van der Waals surface area contributed by atoms with E-state index in [-0.39, 0.29) is 6.29 Å². The van der Waals surface area contributed by atoms with Crippen LogP contribution in [0.3, 0.4) is 0 Å². The van der Waals surface area contributed by atoms with Crippen molar-refractivity contribution in [3.05, 3.63) is 36.3 Å². The SMILES string of the molecule is C1=NC(NCCCN2CCCCC2)NC=C1c1ccccn1. The van der Waals surface area contributed by atoms with Crippen molar-refractivity contribution in [3.63, 3.8) is 0 Å². The number of aliphatic imine (C=N–C) groups is 1. The van der Waals surface area contributed by atoms with E-state index in [0.717, 1.165) is 17.8 Å². The Morgan fingerprint density at radius 1 is 1.23 bits per heavy atom. The summed E-state index contributed by atoms with van der Waals surface area (Å²) < 4.78 is 0. The van der Waals surface area contributed by atoms with Gasteiger partial charge in [0, 0.05) is 24.2 Å². The monoisotopic (exact) mass is 299 g/mol. The number of nitrogens with one attached hydrogen (secondary N) is 2. The Morgan fingerprint density at radius 2 is 2.14 bits per heavy atom. The van der Waals surface area contributed by atoms with Crippen LogP contribution in [0.1, 0.15) is 31.4 Å². The Balaban J connectivity index is 1.35. The minimum absolute atomic E-state index is 0.0196. The first-order chi connectivity index (χ1) is 10.9. The third kappa shape index (κ3) is 4.39. The Labute approximate surface area is 132 Å². The number of rotatable bonds is 6. The zero-order chi connectivity index (χ0) is 15.0. The summed E-state index contributed by atoms with van der Waals surface area (Å²) in [4.78, 5) is 11.4. The van der Waals surface area contributed by atoms with Crippen LogP contribution in [0.25, 0.3) is 5.57 Å². The normalized spacial score (nSPS) is 22.2. The van der Waals surface area contributed by atoms with E-state index in [9.17, 15) is 0 Å². The number of piperidine rings is 1. The summed E-state index contributed by atoms with van der Waals surface area (Å²) in [5.41, 5.74) is 1.97. The lowest BCUT2D eigenvalue weighted by atomic mass is 10.1. The van der Waals surface area contributed by atoms with Crippen LogP contribution in [-0.4, -0.2) is 48.6 Å². The predicted molar refractivity (Wildman–Crippen MR) is 90.5 cm³/mol. The first kappa shape index (κ1) is 15.2. The maximum Gasteiger partial charge on any atom is 0.173 e. The zero-order valence-electron chi connectivity index (χ0n) is 13.0. The van der Waals surface area contributed by atoms with Gasteiger partial charge in [0.1, 0.15) is 0 Å². The van der Waals surface area contributed by atoms with E-state index in [0.29, 0.717) is 0 Å². The van der Waals surface area contributed by atoms with Crippen LogP contribution in [0.15, 0.2) is 35.6 Å². The minimum atomic E-state index is -0.0196. The molecule has 0 aliphatic carbocycles. The molecule has 0 bridgehead atoms. The van der Waals surface area contributed by atoms with E-state index >= 15 is 0 Å². The summed E-state index contributed by atoms with van der Waals surface area (Å²) in [6, 6.07) is 5.90. The third-order valence-corrected chi connectivity index (χ3v) is 4.16. The van der Waals surface area contributed by atoms with Gasteiger partial charge in [-0.3, -0.25) is 15.3 Å². The first-order valence-electron chi connectivity index (χ1n) is 8.28. The molecule has 0 radical (unpaired) electrons. The summed E-state index contributed by atoms with van der Waals surface area (Å²) in [7, 11) is 0. The molecule has 5 nitrogen and oxygen atoms in total. The van der Waals surface area contributed by atoms with Gasteiger partial charge in [0.2, 0.25) is 0 Å². The fourth-order valence-corrected chi connectivity index (χ4v) is 2.91. The fraction of sp³-hybridized carbons (Fsp3) is 0.529. The highest BCUT2D eigenvalue weighted by atomic mass is 15.2. The molecule has 0 spiro atoms. The summed E-state index contributed by atoms with van der Waals surface area (Å²) in [6.07, 6.45) is 11.0. The molecule has 1 aromatic heterocycles. The Bertz CT molecular complexity index is 505. The molecular weight excluding hydrogens is 274 g/mol. The van der Waals surface area contributed by atoms with Crippen molar-refractivity contribution >= 4 is 11.8 Å².